The number of nitrogens with one attached hydrogen (secondary N) is 2. The summed E-state index contributed by atoms with van der Waals surface area (Å²) in [7, 11) is 0. The van der Waals surface area contributed by atoms with E-state index in [2.05, 4.69) is 17.6 Å². The number of urea groups is 1. The number of rotatable bonds is 7. The Morgan fingerprint density at radius 3 is 2.40 bits per heavy atom. The summed E-state index contributed by atoms with van der Waals surface area (Å²) in [6.45, 7) is 2.64. The first-order valence-electron chi connectivity index (χ1n) is 6.88. The highest BCUT2D eigenvalue weighted by Gasteiger charge is 2.29. The SMILES string of the molecule is CC1(CNC(=O)N[C@H](CCC(N)=O)C(=O)O)CCCC1. The van der Waals surface area contributed by atoms with Gasteiger partial charge in [-0.15, -0.1) is 0 Å². The molecule has 1 rings (SSSR count). The third-order valence-electron chi connectivity index (χ3n) is 3.77. The highest BCUT2D eigenvalue weighted by atomic mass is 16.4. The molecule has 0 spiro atoms. The van der Waals surface area contributed by atoms with Gasteiger partial charge in [-0.3, -0.25) is 4.79 Å². The van der Waals surface area contributed by atoms with Gasteiger partial charge in [-0.25, -0.2) is 9.59 Å². The normalized spacial score (nSPS) is 18.2. The van der Waals surface area contributed by atoms with Crippen molar-refractivity contribution in [1.82, 2.24) is 10.6 Å². The van der Waals surface area contributed by atoms with Gasteiger partial charge < -0.3 is 21.5 Å². The molecule has 0 aromatic carbocycles. The van der Waals surface area contributed by atoms with Crippen molar-refractivity contribution in [2.24, 2.45) is 11.1 Å². The maximum Gasteiger partial charge on any atom is 0.326 e. The van der Waals surface area contributed by atoms with Crippen molar-refractivity contribution in [2.45, 2.75) is 51.5 Å². The molecule has 0 radical (unpaired) electrons. The molecule has 114 valence electrons. The van der Waals surface area contributed by atoms with Crippen LogP contribution in [0.2, 0.25) is 0 Å². The molecule has 0 saturated heterocycles. The first-order valence-corrected chi connectivity index (χ1v) is 6.88. The van der Waals surface area contributed by atoms with Gasteiger partial charge in [-0.2, -0.15) is 0 Å². The van der Waals surface area contributed by atoms with E-state index in [-0.39, 0.29) is 18.3 Å². The lowest BCUT2D eigenvalue weighted by Crippen LogP contribution is -2.48. The Morgan fingerprint density at radius 1 is 1.30 bits per heavy atom. The second kappa shape index (κ2) is 7.12. The van der Waals surface area contributed by atoms with Crippen LogP contribution in [0.15, 0.2) is 0 Å². The Morgan fingerprint density at radius 2 is 1.90 bits per heavy atom. The highest BCUT2D eigenvalue weighted by molar-refractivity contribution is 5.83. The van der Waals surface area contributed by atoms with Crippen LogP contribution < -0.4 is 16.4 Å². The summed E-state index contributed by atoms with van der Waals surface area (Å²) < 4.78 is 0. The van der Waals surface area contributed by atoms with Crippen molar-refractivity contribution in [3.05, 3.63) is 0 Å². The fraction of sp³-hybridized carbons (Fsp3) is 0.769. The van der Waals surface area contributed by atoms with Gasteiger partial charge >= 0.3 is 12.0 Å². The summed E-state index contributed by atoms with van der Waals surface area (Å²) in [4.78, 5) is 33.3. The molecule has 1 aliphatic rings. The Balaban J connectivity index is 2.37. The summed E-state index contributed by atoms with van der Waals surface area (Å²) in [5, 5.41) is 14.0. The van der Waals surface area contributed by atoms with Crippen LogP contribution in [0.25, 0.3) is 0 Å². The molecule has 20 heavy (non-hydrogen) atoms. The number of hydrogen-bond acceptors (Lipinski definition) is 3. The summed E-state index contributed by atoms with van der Waals surface area (Å²) in [6.07, 6.45) is 4.38. The molecule has 0 aromatic rings. The molecule has 7 nitrogen and oxygen atoms in total. The number of carbonyl (C=O) groups is 3. The molecule has 0 aromatic heterocycles. The van der Waals surface area contributed by atoms with Gasteiger partial charge in [-0.05, 0) is 24.7 Å². The minimum absolute atomic E-state index is 0.00461. The molecule has 7 heteroatoms. The van der Waals surface area contributed by atoms with E-state index in [1.54, 1.807) is 0 Å². The number of carboxylic acids is 1. The van der Waals surface area contributed by atoms with Crippen molar-refractivity contribution in [2.75, 3.05) is 6.54 Å². The molecule has 0 bridgehead atoms. The maximum atomic E-state index is 11.7. The first-order chi connectivity index (χ1) is 9.32. The first kappa shape index (κ1) is 16.3. The topological polar surface area (TPSA) is 122 Å². The van der Waals surface area contributed by atoms with Gasteiger partial charge in [0.1, 0.15) is 6.04 Å². The van der Waals surface area contributed by atoms with E-state index in [1.807, 2.05) is 0 Å². The summed E-state index contributed by atoms with van der Waals surface area (Å²) >= 11 is 0. The minimum atomic E-state index is -1.17. The van der Waals surface area contributed by atoms with Crippen LogP contribution in [0, 0.1) is 5.41 Å². The van der Waals surface area contributed by atoms with E-state index in [1.165, 1.54) is 0 Å². The molecule has 0 heterocycles. The zero-order chi connectivity index (χ0) is 15.2. The summed E-state index contributed by atoms with van der Waals surface area (Å²) in [5.41, 5.74) is 5.07. The molecule has 3 amide bonds. The predicted octanol–water partition coefficient (Wildman–Crippen LogP) is 0.585. The molecular weight excluding hydrogens is 262 g/mol. The average Bonchev–Trinajstić information content (AvgIpc) is 2.79. The number of aliphatic carboxylic acids is 1. The standard InChI is InChI=1S/C13H23N3O4/c1-13(6-2-3-7-13)8-15-12(20)16-9(11(18)19)4-5-10(14)17/h9H,2-8H2,1H3,(H2,14,17)(H,18,19)(H2,15,16,20)/t9-/m1/s1. The van der Waals surface area contributed by atoms with Gasteiger partial charge in [0, 0.05) is 13.0 Å². The van der Waals surface area contributed by atoms with Gasteiger partial charge in [0.15, 0.2) is 0 Å². The molecule has 1 saturated carbocycles. The molecule has 1 fully saturated rings. The number of carboxylic acid groups (broad SMARTS) is 1. The van der Waals surface area contributed by atoms with Crippen LogP contribution in [-0.4, -0.2) is 35.6 Å². The third kappa shape index (κ3) is 5.46. The van der Waals surface area contributed by atoms with Crippen LogP contribution in [0.4, 0.5) is 4.79 Å². The fourth-order valence-electron chi connectivity index (χ4n) is 2.45. The van der Waals surface area contributed by atoms with Gasteiger partial charge in [0.05, 0.1) is 0 Å². The minimum Gasteiger partial charge on any atom is -0.480 e. The zero-order valence-electron chi connectivity index (χ0n) is 11.8. The van der Waals surface area contributed by atoms with Crippen LogP contribution >= 0.6 is 0 Å². The summed E-state index contributed by atoms with van der Waals surface area (Å²) in [6, 6.07) is -1.62. The van der Waals surface area contributed by atoms with Gasteiger partial charge in [-0.1, -0.05) is 19.8 Å². The Hall–Kier alpha value is -1.79. The van der Waals surface area contributed by atoms with Crippen molar-refractivity contribution >= 4 is 17.9 Å². The van der Waals surface area contributed by atoms with E-state index in [4.69, 9.17) is 10.8 Å². The molecule has 0 aliphatic heterocycles. The van der Waals surface area contributed by atoms with Crippen LogP contribution in [0.1, 0.15) is 45.4 Å². The van der Waals surface area contributed by atoms with Crippen molar-refractivity contribution in [3.63, 3.8) is 0 Å². The van der Waals surface area contributed by atoms with Gasteiger partial charge in [0.25, 0.3) is 0 Å². The Kier molecular flexibility index (Phi) is 5.79. The lowest BCUT2D eigenvalue weighted by Gasteiger charge is -2.24. The lowest BCUT2D eigenvalue weighted by atomic mass is 9.89. The van der Waals surface area contributed by atoms with Crippen LogP contribution in [0.3, 0.4) is 0 Å². The van der Waals surface area contributed by atoms with E-state index in [9.17, 15) is 14.4 Å². The van der Waals surface area contributed by atoms with E-state index < -0.39 is 23.9 Å². The molecule has 1 aliphatic carbocycles. The Labute approximate surface area is 118 Å². The summed E-state index contributed by atoms with van der Waals surface area (Å²) in [5.74, 6) is -1.76. The van der Waals surface area contributed by atoms with Crippen LogP contribution in [-0.2, 0) is 9.59 Å². The van der Waals surface area contributed by atoms with E-state index in [0.29, 0.717) is 6.54 Å². The largest absolute Gasteiger partial charge is 0.480 e. The molecule has 5 N–H and O–H groups in total. The lowest BCUT2D eigenvalue weighted by molar-refractivity contribution is -0.139. The Bertz CT molecular complexity index is 378. The fourth-order valence-corrected chi connectivity index (χ4v) is 2.45. The quantitative estimate of drug-likeness (QED) is 0.546. The van der Waals surface area contributed by atoms with Crippen molar-refractivity contribution < 1.29 is 19.5 Å². The second-order valence-electron chi connectivity index (χ2n) is 5.74. The average molecular weight is 285 g/mol. The van der Waals surface area contributed by atoms with E-state index in [0.717, 1.165) is 25.7 Å². The molecular formula is C13H23N3O4. The third-order valence-corrected chi connectivity index (χ3v) is 3.77. The number of nitrogens with two attached hydrogens (primary N) is 1. The molecule has 1 atom stereocenters. The monoisotopic (exact) mass is 285 g/mol. The number of primary amides is 1. The maximum absolute atomic E-state index is 11.7. The number of carbonyl (C=O) groups excluding carboxylic acids is 2. The van der Waals surface area contributed by atoms with E-state index >= 15 is 0 Å². The highest BCUT2D eigenvalue weighted by Crippen LogP contribution is 2.36. The molecule has 0 unspecified atom stereocenters. The van der Waals surface area contributed by atoms with Gasteiger partial charge in [0.2, 0.25) is 5.91 Å². The smallest absolute Gasteiger partial charge is 0.326 e. The number of hydrogen-bond donors (Lipinski definition) is 4. The second-order valence-corrected chi connectivity index (χ2v) is 5.74. The van der Waals surface area contributed by atoms with Crippen molar-refractivity contribution in [3.8, 4) is 0 Å². The zero-order valence-corrected chi connectivity index (χ0v) is 11.8. The van der Waals surface area contributed by atoms with Crippen molar-refractivity contribution in [1.29, 1.82) is 0 Å². The van der Waals surface area contributed by atoms with Crippen LogP contribution in [0.5, 0.6) is 0 Å². The predicted molar refractivity (Wildman–Crippen MR) is 73.0 cm³/mol. The number of amides is 3.